The van der Waals surface area contributed by atoms with Crippen molar-refractivity contribution >= 4 is 39.1 Å². The van der Waals surface area contributed by atoms with Crippen LogP contribution in [0.1, 0.15) is 37.0 Å². The molecule has 260 valence electrons. The minimum absolute atomic E-state index is 0.0728. The minimum atomic E-state index is -4.91. The van der Waals surface area contributed by atoms with Crippen LogP contribution < -0.4 is 14.4 Å². The first-order chi connectivity index (χ1) is 23.2. The molecule has 0 bridgehead atoms. The molecule has 0 radical (unpaired) electrons. The Balaban J connectivity index is 1.87. The predicted octanol–water partition coefficient (Wildman–Crippen LogP) is 7.12. The Morgan fingerprint density at radius 1 is 0.898 bits per heavy atom. The molecule has 49 heavy (non-hydrogen) atoms. The van der Waals surface area contributed by atoms with E-state index in [1.807, 2.05) is 19.9 Å². The van der Waals surface area contributed by atoms with Crippen molar-refractivity contribution in [2.45, 2.75) is 56.4 Å². The highest BCUT2D eigenvalue weighted by Gasteiger charge is 2.38. The number of hydrogen-bond donors (Lipinski definition) is 1. The number of methoxy groups -OCH3 is 1. The number of rotatable bonds is 14. The molecule has 4 rings (SSSR count). The maximum Gasteiger partial charge on any atom is 0.417 e. The molecular weight excluding hydrogens is 679 g/mol. The van der Waals surface area contributed by atoms with E-state index in [0.29, 0.717) is 28.1 Å². The number of carbonyl (C=O) groups excluding carboxylic acids is 2. The second-order valence-corrected chi connectivity index (χ2v) is 13.7. The van der Waals surface area contributed by atoms with E-state index in [0.717, 1.165) is 17.7 Å². The molecule has 0 saturated heterocycles. The third-order valence-electron chi connectivity index (χ3n) is 7.91. The first kappa shape index (κ1) is 37.3. The number of nitrogens with zero attached hydrogens (tertiary/aromatic N) is 2. The van der Waals surface area contributed by atoms with Gasteiger partial charge in [-0.2, -0.15) is 13.2 Å². The minimum Gasteiger partial charge on any atom is -0.497 e. The van der Waals surface area contributed by atoms with Crippen LogP contribution >= 0.6 is 11.6 Å². The number of amides is 2. The lowest BCUT2D eigenvalue weighted by Gasteiger charge is -2.34. The number of sulfonamides is 1. The molecule has 0 aliphatic heterocycles. The zero-order valence-electron chi connectivity index (χ0n) is 27.2. The van der Waals surface area contributed by atoms with Crippen LogP contribution in [0.25, 0.3) is 0 Å². The summed E-state index contributed by atoms with van der Waals surface area (Å²) in [6, 6.07) is 24.1. The summed E-state index contributed by atoms with van der Waals surface area (Å²) in [6.07, 6.45) is -4.23. The van der Waals surface area contributed by atoms with Gasteiger partial charge >= 0.3 is 6.18 Å². The maximum absolute atomic E-state index is 14.6. The second kappa shape index (κ2) is 16.2. The molecule has 8 nitrogen and oxygen atoms in total. The largest absolute Gasteiger partial charge is 0.497 e. The summed E-state index contributed by atoms with van der Waals surface area (Å²) in [5.74, 6) is -0.813. The summed E-state index contributed by atoms with van der Waals surface area (Å²) in [4.78, 5) is 29.5. The quantitative estimate of drug-likeness (QED) is 0.150. The normalized spacial score (nSPS) is 12.9. The molecule has 4 aromatic carbocycles. The molecule has 0 fully saturated rings. The van der Waals surface area contributed by atoms with Crippen molar-refractivity contribution in [3.05, 3.63) is 125 Å². The van der Waals surface area contributed by atoms with Gasteiger partial charge in [-0.1, -0.05) is 79.2 Å². The number of halogens is 4. The molecule has 0 spiro atoms. The molecule has 0 aliphatic carbocycles. The summed E-state index contributed by atoms with van der Waals surface area (Å²) < 4.78 is 76.1. The monoisotopic (exact) mass is 715 g/mol. The lowest BCUT2D eigenvalue weighted by molar-refractivity contribution is -0.140. The van der Waals surface area contributed by atoms with Crippen molar-refractivity contribution in [3.8, 4) is 5.75 Å². The second-order valence-electron chi connectivity index (χ2n) is 11.4. The third kappa shape index (κ3) is 9.54. The van der Waals surface area contributed by atoms with Crippen molar-refractivity contribution < 1.29 is 35.9 Å². The molecule has 2 atom stereocenters. The van der Waals surface area contributed by atoms with Crippen LogP contribution in [-0.4, -0.2) is 50.9 Å². The zero-order valence-corrected chi connectivity index (χ0v) is 28.7. The van der Waals surface area contributed by atoms with Gasteiger partial charge in [-0.15, -0.1) is 0 Å². The van der Waals surface area contributed by atoms with E-state index >= 15 is 0 Å². The van der Waals surface area contributed by atoms with Gasteiger partial charge in [0.2, 0.25) is 11.8 Å². The lowest BCUT2D eigenvalue weighted by atomic mass is 10.0. The fourth-order valence-corrected chi connectivity index (χ4v) is 6.75. The first-order valence-corrected chi connectivity index (χ1v) is 17.3. The molecular formula is C36H37ClF3N3O5S. The van der Waals surface area contributed by atoms with E-state index in [2.05, 4.69) is 5.32 Å². The van der Waals surface area contributed by atoms with Crippen LogP contribution in [0.15, 0.2) is 108 Å². The average Bonchev–Trinajstić information content (AvgIpc) is 3.09. The number of ether oxygens (including phenoxy) is 1. The van der Waals surface area contributed by atoms with Gasteiger partial charge in [0.15, 0.2) is 0 Å². The molecule has 0 saturated carbocycles. The van der Waals surface area contributed by atoms with Crippen molar-refractivity contribution in [2.24, 2.45) is 0 Å². The lowest BCUT2D eigenvalue weighted by Crippen LogP contribution is -2.54. The SMILES string of the molecule is CCC(C)NC(=O)C(Cc1ccccc1)N(Cc1cccc(OC)c1)C(=O)CN(c1ccc(Cl)c(C(F)(F)F)c1)S(=O)(=O)c1ccccc1. The van der Waals surface area contributed by atoms with E-state index < -0.39 is 56.9 Å². The summed E-state index contributed by atoms with van der Waals surface area (Å²) in [6.45, 7) is 2.64. The number of anilines is 1. The maximum atomic E-state index is 14.6. The fraction of sp³-hybridized carbons (Fsp3) is 0.278. The highest BCUT2D eigenvalue weighted by atomic mass is 35.5. The van der Waals surface area contributed by atoms with Gasteiger partial charge in [0, 0.05) is 19.0 Å². The Hall–Kier alpha value is -4.55. The van der Waals surface area contributed by atoms with E-state index in [1.54, 1.807) is 54.6 Å². The van der Waals surface area contributed by atoms with E-state index in [9.17, 15) is 31.2 Å². The topological polar surface area (TPSA) is 96.0 Å². The average molecular weight is 716 g/mol. The Morgan fingerprint density at radius 3 is 2.14 bits per heavy atom. The molecule has 2 unspecified atom stereocenters. The van der Waals surface area contributed by atoms with Gasteiger partial charge in [-0.05, 0) is 66.9 Å². The van der Waals surface area contributed by atoms with E-state index in [-0.39, 0.29) is 23.9 Å². The van der Waals surface area contributed by atoms with Crippen LogP contribution in [0.3, 0.4) is 0 Å². The summed E-state index contributed by atoms with van der Waals surface area (Å²) >= 11 is 5.88. The number of nitrogens with one attached hydrogen (secondary N) is 1. The molecule has 0 aliphatic rings. The number of hydrogen-bond acceptors (Lipinski definition) is 5. The van der Waals surface area contributed by atoms with Crippen LogP contribution in [0, 0.1) is 0 Å². The van der Waals surface area contributed by atoms with Crippen molar-refractivity contribution in [3.63, 3.8) is 0 Å². The molecule has 0 heterocycles. The molecule has 2 amide bonds. The van der Waals surface area contributed by atoms with Crippen LogP contribution in [0.5, 0.6) is 5.75 Å². The smallest absolute Gasteiger partial charge is 0.417 e. The van der Waals surface area contributed by atoms with Gasteiger partial charge in [0.05, 0.1) is 28.3 Å². The third-order valence-corrected chi connectivity index (χ3v) is 10.0. The van der Waals surface area contributed by atoms with E-state index in [1.165, 1.54) is 36.3 Å². The fourth-order valence-electron chi connectivity index (χ4n) is 5.10. The summed E-state index contributed by atoms with van der Waals surface area (Å²) in [7, 11) is -3.13. The number of alkyl halides is 3. The Labute approximate surface area is 289 Å². The summed E-state index contributed by atoms with van der Waals surface area (Å²) in [5, 5.41) is 2.30. The van der Waals surface area contributed by atoms with Gasteiger partial charge in [-0.25, -0.2) is 8.42 Å². The highest BCUT2D eigenvalue weighted by Crippen LogP contribution is 2.38. The Bertz CT molecular complexity index is 1840. The van der Waals surface area contributed by atoms with Gasteiger partial charge in [0.25, 0.3) is 10.0 Å². The molecule has 4 aromatic rings. The summed E-state index contributed by atoms with van der Waals surface area (Å²) in [5.41, 5.74) is -0.392. The molecule has 13 heteroatoms. The number of carbonyl (C=O) groups is 2. The Kier molecular flexibility index (Phi) is 12.3. The van der Waals surface area contributed by atoms with E-state index in [4.69, 9.17) is 16.3 Å². The van der Waals surface area contributed by atoms with Crippen molar-refractivity contribution in [1.29, 1.82) is 0 Å². The Morgan fingerprint density at radius 2 is 1.53 bits per heavy atom. The zero-order chi connectivity index (χ0) is 35.8. The molecule has 1 N–H and O–H groups in total. The van der Waals surface area contributed by atoms with Crippen molar-refractivity contribution in [2.75, 3.05) is 18.0 Å². The van der Waals surface area contributed by atoms with Crippen LogP contribution in [0.2, 0.25) is 5.02 Å². The van der Waals surface area contributed by atoms with Crippen molar-refractivity contribution in [1.82, 2.24) is 10.2 Å². The standard InChI is InChI=1S/C36H37ClF3N3O5S/c1-4-25(2)41-35(45)33(21-26-12-7-5-8-13-26)42(23-27-14-11-15-29(20-27)48-3)34(44)24-43(49(46,47)30-16-9-6-10-17-30)28-18-19-32(37)31(22-28)36(38,39)40/h5-20,22,25,33H,4,21,23-24H2,1-3H3,(H,41,45). The van der Waals surface area contributed by atoms with Gasteiger partial charge < -0.3 is 15.0 Å². The highest BCUT2D eigenvalue weighted by molar-refractivity contribution is 7.92. The molecule has 0 aromatic heterocycles. The van der Waals surface area contributed by atoms with Gasteiger partial charge in [-0.3, -0.25) is 13.9 Å². The van der Waals surface area contributed by atoms with Gasteiger partial charge in [0.1, 0.15) is 18.3 Å². The first-order valence-electron chi connectivity index (χ1n) is 15.5. The number of benzene rings is 4. The van der Waals surface area contributed by atoms with Crippen LogP contribution in [-0.2, 0) is 38.8 Å². The predicted molar refractivity (Wildman–Crippen MR) is 183 cm³/mol. The van der Waals surface area contributed by atoms with Crippen LogP contribution in [0.4, 0.5) is 18.9 Å².